The number of carbonyl (C=O) groups excluding carboxylic acids is 3. The van der Waals surface area contributed by atoms with Crippen LogP contribution < -0.4 is 4.74 Å². The van der Waals surface area contributed by atoms with E-state index in [-0.39, 0.29) is 11.3 Å². The zero-order valence-corrected chi connectivity index (χ0v) is 13.2. The highest BCUT2D eigenvalue weighted by atomic mass is 16.5. The molecule has 0 unspecified atom stereocenters. The van der Waals surface area contributed by atoms with Crippen molar-refractivity contribution in [2.45, 2.75) is 0 Å². The van der Waals surface area contributed by atoms with Gasteiger partial charge in [0.25, 0.3) is 0 Å². The summed E-state index contributed by atoms with van der Waals surface area (Å²) in [5.74, 6) is -0.465. The van der Waals surface area contributed by atoms with Gasteiger partial charge in [0.1, 0.15) is 17.8 Å². The summed E-state index contributed by atoms with van der Waals surface area (Å²) >= 11 is 0. The van der Waals surface area contributed by atoms with Crippen LogP contribution in [0.1, 0.15) is 31.1 Å². The van der Waals surface area contributed by atoms with Crippen LogP contribution in [0, 0.1) is 0 Å². The molecule has 4 nitrogen and oxygen atoms in total. The maximum absolute atomic E-state index is 12.6. The molecule has 0 saturated heterocycles. The summed E-state index contributed by atoms with van der Waals surface area (Å²) in [7, 11) is 0. The highest BCUT2D eigenvalue weighted by Crippen LogP contribution is 2.26. The van der Waals surface area contributed by atoms with Crippen molar-refractivity contribution in [2.24, 2.45) is 0 Å². The van der Waals surface area contributed by atoms with Gasteiger partial charge in [0.15, 0.2) is 0 Å². The number of ketones is 2. The summed E-state index contributed by atoms with van der Waals surface area (Å²) in [5.41, 5.74) is 1.05. The average Bonchev–Trinajstić information content (AvgIpc) is 2.68. The summed E-state index contributed by atoms with van der Waals surface area (Å²) in [5, 5.41) is 0. The van der Waals surface area contributed by atoms with Gasteiger partial charge in [0, 0.05) is 11.1 Å². The van der Waals surface area contributed by atoms with E-state index in [1.807, 2.05) is 0 Å². The fourth-order valence-corrected chi connectivity index (χ4v) is 2.33. The molecule has 4 heteroatoms. The third-order valence-corrected chi connectivity index (χ3v) is 3.62. The Bertz CT molecular complexity index is 912. The number of aldehydes is 1. The van der Waals surface area contributed by atoms with Gasteiger partial charge in [0.05, 0.1) is 5.56 Å². The molecule has 0 radical (unpaired) electrons. The molecule has 0 N–H and O–H groups in total. The van der Waals surface area contributed by atoms with Gasteiger partial charge in [-0.15, -0.1) is 0 Å². The highest BCUT2D eigenvalue weighted by Gasteiger charge is 2.21. The zero-order chi connectivity index (χ0) is 17.6. The predicted octanol–water partition coefficient (Wildman–Crippen LogP) is 4.36. The summed E-state index contributed by atoms with van der Waals surface area (Å²) < 4.78 is 5.73. The first-order valence-electron chi connectivity index (χ1n) is 7.65. The fourth-order valence-electron chi connectivity index (χ4n) is 2.33. The summed E-state index contributed by atoms with van der Waals surface area (Å²) in [6, 6.07) is 21.4. The number of hydrogen-bond donors (Lipinski definition) is 0. The molecule has 25 heavy (non-hydrogen) atoms. The molecular formula is C21H14O4. The lowest BCUT2D eigenvalue weighted by Gasteiger charge is -2.10. The molecule has 3 aromatic carbocycles. The van der Waals surface area contributed by atoms with E-state index in [1.54, 1.807) is 78.9 Å². The van der Waals surface area contributed by atoms with Gasteiger partial charge in [-0.2, -0.15) is 0 Å². The topological polar surface area (TPSA) is 60.4 Å². The first-order valence-corrected chi connectivity index (χ1v) is 7.65. The molecule has 0 amide bonds. The van der Waals surface area contributed by atoms with E-state index in [0.717, 1.165) is 6.29 Å². The van der Waals surface area contributed by atoms with Gasteiger partial charge < -0.3 is 4.74 Å². The van der Waals surface area contributed by atoms with Crippen molar-refractivity contribution in [3.05, 3.63) is 95.6 Å². The van der Waals surface area contributed by atoms with Crippen LogP contribution in [-0.2, 0) is 0 Å². The molecule has 0 bridgehead atoms. The highest BCUT2D eigenvalue weighted by molar-refractivity contribution is 6.49. The van der Waals surface area contributed by atoms with Crippen molar-refractivity contribution in [3.63, 3.8) is 0 Å². The molecule has 0 atom stereocenters. The number of benzene rings is 3. The summed E-state index contributed by atoms with van der Waals surface area (Å²) in [6.07, 6.45) is 0.736. The van der Waals surface area contributed by atoms with Crippen molar-refractivity contribution in [1.29, 1.82) is 0 Å². The second-order valence-electron chi connectivity index (χ2n) is 5.31. The quantitative estimate of drug-likeness (QED) is 0.383. The molecule has 3 rings (SSSR count). The first kappa shape index (κ1) is 16.3. The van der Waals surface area contributed by atoms with E-state index < -0.39 is 11.6 Å². The van der Waals surface area contributed by atoms with Gasteiger partial charge in [-0.3, -0.25) is 14.4 Å². The van der Waals surface area contributed by atoms with Crippen molar-refractivity contribution >= 4 is 17.9 Å². The second-order valence-corrected chi connectivity index (χ2v) is 5.31. The molecule has 0 aliphatic heterocycles. The fraction of sp³-hybridized carbons (Fsp3) is 0. The van der Waals surface area contributed by atoms with E-state index in [2.05, 4.69) is 0 Å². The Morgan fingerprint density at radius 1 is 0.720 bits per heavy atom. The van der Waals surface area contributed by atoms with Crippen LogP contribution in [0.25, 0.3) is 0 Å². The van der Waals surface area contributed by atoms with Crippen LogP contribution in [-0.4, -0.2) is 17.9 Å². The molecule has 122 valence electrons. The molecule has 0 heterocycles. The van der Waals surface area contributed by atoms with E-state index in [0.29, 0.717) is 16.9 Å². The van der Waals surface area contributed by atoms with E-state index in [4.69, 9.17) is 4.74 Å². The lowest BCUT2D eigenvalue weighted by atomic mass is 10.0. The van der Waals surface area contributed by atoms with Gasteiger partial charge in [0.2, 0.25) is 11.6 Å². The number of ether oxygens (including phenoxy) is 1. The zero-order valence-electron chi connectivity index (χ0n) is 13.2. The van der Waals surface area contributed by atoms with Crippen molar-refractivity contribution in [1.82, 2.24) is 0 Å². The number of rotatable bonds is 6. The van der Waals surface area contributed by atoms with E-state index in [9.17, 15) is 14.4 Å². The van der Waals surface area contributed by atoms with Crippen LogP contribution >= 0.6 is 0 Å². The summed E-state index contributed by atoms with van der Waals surface area (Å²) in [6.45, 7) is 0. The largest absolute Gasteiger partial charge is 0.457 e. The molecule has 0 aliphatic carbocycles. The molecule has 0 aliphatic rings. The molecule has 0 saturated carbocycles. The van der Waals surface area contributed by atoms with Crippen LogP contribution in [0.3, 0.4) is 0 Å². The maximum Gasteiger partial charge on any atom is 0.237 e. The molecule has 0 aromatic heterocycles. The first-order chi connectivity index (χ1) is 12.2. The average molecular weight is 330 g/mol. The molecule has 0 spiro atoms. The smallest absolute Gasteiger partial charge is 0.237 e. The van der Waals surface area contributed by atoms with Crippen LogP contribution in [0.5, 0.6) is 11.5 Å². The SMILES string of the molecule is O=Cc1ccc(Oc2ccccc2C(=O)C(=O)c2ccccc2)cc1. The van der Waals surface area contributed by atoms with E-state index >= 15 is 0 Å². The maximum atomic E-state index is 12.6. The number of carbonyl (C=O) groups is 3. The van der Waals surface area contributed by atoms with Gasteiger partial charge in [-0.25, -0.2) is 0 Å². The van der Waals surface area contributed by atoms with Crippen molar-refractivity contribution in [3.8, 4) is 11.5 Å². The Labute approximate surface area is 144 Å². The minimum absolute atomic E-state index is 0.191. The van der Waals surface area contributed by atoms with E-state index in [1.165, 1.54) is 0 Å². The minimum Gasteiger partial charge on any atom is -0.457 e. The number of Topliss-reactive ketones (excluding diaryl/α,β-unsaturated/α-hetero) is 2. The third-order valence-electron chi connectivity index (χ3n) is 3.62. The van der Waals surface area contributed by atoms with Crippen LogP contribution in [0.4, 0.5) is 0 Å². The van der Waals surface area contributed by atoms with Crippen LogP contribution in [0.15, 0.2) is 78.9 Å². The normalized spacial score (nSPS) is 10.1. The summed E-state index contributed by atoms with van der Waals surface area (Å²) in [4.78, 5) is 35.7. The van der Waals surface area contributed by atoms with Gasteiger partial charge >= 0.3 is 0 Å². The lowest BCUT2D eigenvalue weighted by molar-refractivity contribution is 0.0815. The Hall–Kier alpha value is -3.53. The van der Waals surface area contributed by atoms with Crippen molar-refractivity contribution in [2.75, 3.05) is 0 Å². The lowest BCUT2D eigenvalue weighted by Crippen LogP contribution is -2.15. The Morgan fingerprint density at radius 2 is 1.36 bits per heavy atom. The molecular weight excluding hydrogens is 316 g/mol. The van der Waals surface area contributed by atoms with Crippen molar-refractivity contribution < 1.29 is 19.1 Å². The number of hydrogen-bond acceptors (Lipinski definition) is 4. The third kappa shape index (κ3) is 3.70. The second kappa shape index (κ2) is 7.36. The Balaban J connectivity index is 1.88. The predicted molar refractivity (Wildman–Crippen MR) is 93.4 cm³/mol. The molecule has 3 aromatic rings. The minimum atomic E-state index is -0.633. The van der Waals surface area contributed by atoms with Gasteiger partial charge in [-0.1, -0.05) is 42.5 Å². The Kier molecular flexibility index (Phi) is 4.81. The monoisotopic (exact) mass is 330 g/mol. The standard InChI is InChI=1S/C21H14O4/c22-14-15-10-12-17(13-11-15)25-19-9-5-4-8-18(19)21(24)20(23)16-6-2-1-3-7-16/h1-14H. The number of para-hydroxylation sites is 1. The van der Waals surface area contributed by atoms with Crippen LogP contribution in [0.2, 0.25) is 0 Å². The van der Waals surface area contributed by atoms with Gasteiger partial charge in [-0.05, 0) is 36.4 Å². The molecule has 0 fully saturated rings. The Morgan fingerprint density at radius 3 is 2.04 bits per heavy atom.